The molecule has 2 N–H and O–H groups in total. The molecule has 0 saturated carbocycles. The molecular formula is C9H14N2O3. The molecule has 1 amide bonds. The van der Waals surface area contributed by atoms with E-state index in [4.69, 9.17) is 9.63 Å². The first-order valence-electron chi connectivity index (χ1n) is 4.48. The molecule has 14 heavy (non-hydrogen) atoms. The van der Waals surface area contributed by atoms with Crippen LogP contribution in [0.1, 0.15) is 29.5 Å². The minimum absolute atomic E-state index is 0.0524. The molecule has 1 aromatic rings. The summed E-state index contributed by atoms with van der Waals surface area (Å²) in [5.74, 6) is -0.0595. The zero-order valence-electron chi connectivity index (χ0n) is 8.28. The van der Waals surface area contributed by atoms with Gasteiger partial charge in [0.25, 0.3) is 5.91 Å². The van der Waals surface area contributed by atoms with Crippen molar-refractivity contribution in [2.45, 2.75) is 26.3 Å². The van der Waals surface area contributed by atoms with Crippen LogP contribution in [0.3, 0.4) is 0 Å². The summed E-state index contributed by atoms with van der Waals surface area (Å²) in [4.78, 5) is 11.5. The topological polar surface area (TPSA) is 75.4 Å². The fourth-order valence-corrected chi connectivity index (χ4v) is 1.06. The summed E-state index contributed by atoms with van der Waals surface area (Å²) in [6, 6.07) is -0.0722. The number of amides is 1. The van der Waals surface area contributed by atoms with E-state index in [1.165, 1.54) is 6.20 Å². The van der Waals surface area contributed by atoms with Crippen molar-refractivity contribution in [3.8, 4) is 0 Å². The fraction of sp³-hybridized carbons (Fsp3) is 0.556. The maximum Gasteiger partial charge on any atom is 0.290 e. The van der Waals surface area contributed by atoms with Crippen LogP contribution in [0.25, 0.3) is 0 Å². The number of hydrogen-bond donors (Lipinski definition) is 2. The number of rotatable bonds is 4. The monoisotopic (exact) mass is 198 g/mol. The zero-order chi connectivity index (χ0) is 10.6. The zero-order valence-corrected chi connectivity index (χ0v) is 8.28. The molecule has 0 aromatic carbocycles. The standard InChI is InChI=1S/C9H14N2O3/c1-6-5-10-14-8(6)9(13)11-7(2)3-4-12/h5,7,12H,3-4H2,1-2H3,(H,11,13). The molecule has 5 nitrogen and oxygen atoms in total. The van der Waals surface area contributed by atoms with Gasteiger partial charge in [0.2, 0.25) is 5.76 Å². The van der Waals surface area contributed by atoms with Crippen LogP contribution in [-0.4, -0.2) is 28.8 Å². The maximum atomic E-state index is 11.5. The van der Waals surface area contributed by atoms with Gasteiger partial charge < -0.3 is 14.9 Å². The molecule has 1 unspecified atom stereocenters. The van der Waals surface area contributed by atoms with E-state index in [0.29, 0.717) is 12.0 Å². The Labute approximate surface area is 82.1 Å². The van der Waals surface area contributed by atoms with Gasteiger partial charge in [-0.05, 0) is 20.3 Å². The first-order chi connectivity index (χ1) is 6.65. The smallest absolute Gasteiger partial charge is 0.290 e. The second-order valence-electron chi connectivity index (χ2n) is 3.22. The van der Waals surface area contributed by atoms with Gasteiger partial charge in [-0.2, -0.15) is 0 Å². The molecule has 5 heteroatoms. The van der Waals surface area contributed by atoms with Crippen molar-refractivity contribution in [3.63, 3.8) is 0 Å². The van der Waals surface area contributed by atoms with Crippen molar-refractivity contribution in [2.75, 3.05) is 6.61 Å². The van der Waals surface area contributed by atoms with Gasteiger partial charge in [-0.25, -0.2) is 0 Å². The first-order valence-corrected chi connectivity index (χ1v) is 4.48. The van der Waals surface area contributed by atoms with Crippen molar-refractivity contribution in [2.24, 2.45) is 0 Å². The van der Waals surface area contributed by atoms with E-state index >= 15 is 0 Å². The summed E-state index contributed by atoms with van der Waals surface area (Å²) >= 11 is 0. The summed E-state index contributed by atoms with van der Waals surface area (Å²) in [7, 11) is 0. The largest absolute Gasteiger partial charge is 0.396 e. The van der Waals surface area contributed by atoms with Crippen LogP contribution in [0, 0.1) is 6.92 Å². The lowest BCUT2D eigenvalue weighted by Gasteiger charge is -2.10. The van der Waals surface area contributed by atoms with Gasteiger partial charge in [0.1, 0.15) is 0 Å². The summed E-state index contributed by atoms with van der Waals surface area (Å²) in [6.07, 6.45) is 2.02. The van der Waals surface area contributed by atoms with E-state index in [9.17, 15) is 4.79 Å². The minimum Gasteiger partial charge on any atom is -0.396 e. The lowest BCUT2D eigenvalue weighted by molar-refractivity contribution is 0.0896. The molecule has 1 aromatic heterocycles. The lowest BCUT2D eigenvalue weighted by atomic mass is 10.2. The van der Waals surface area contributed by atoms with Crippen LogP contribution in [-0.2, 0) is 0 Å². The number of aromatic nitrogens is 1. The Hall–Kier alpha value is -1.36. The van der Waals surface area contributed by atoms with Crippen LogP contribution in [0.5, 0.6) is 0 Å². The lowest BCUT2D eigenvalue weighted by Crippen LogP contribution is -2.33. The van der Waals surface area contributed by atoms with Gasteiger partial charge in [0, 0.05) is 18.2 Å². The number of nitrogens with zero attached hydrogens (tertiary/aromatic N) is 1. The first kappa shape index (κ1) is 10.7. The Morgan fingerprint density at radius 1 is 1.79 bits per heavy atom. The molecule has 1 heterocycles. The summed E-state index contributed by atoms with van der Waals surface area (Å²) < 4.78 is 4.78. The second kappa shape index (κ2) is 4.76. The molecule has 78 valence electrons. The Morgan fingerprint density at radius 3 is 3.00 bits per heavy atom. The van der Waals surface area contributed by atoms with Crippen LogP contribution in [0.4, 0.5) is 0 Å². The minimum atomic E-state index is -0.291. The molecule has 0 saturated heterocycles. The Bertz CT molecular complexity index is 309. The number of nitrogens with one attached hydrogen (secondary N) is 1. The van der Waals surface area contributed by atoms with Crippen molar-refractivity contribution in [3.05, 3.63) is 17.5 Å². The highest BCUT2D eigenvalue weighted by Crippen LogP contribution is 2.05. The highest BCUT2D eigenvalue weighted by atomic mass is 16.5. The number of carbonyl (C=O) groups is 1. The normalized spacial score (nSPS) is 12.5. The summed E-state index contributed by atoms with van der Waals surface area (Å²) in [6.45, 7) is 3.62. The van der Waals surface area contributed by atoms with Gasteiger partial charge in [0.15, 0.2) is 0 Å². The molecule has 0 aliphatic carbocycles. The quantitative estimate of drug-likeness (QED) is 0.738. The predicted octanol–water partition coefficient (Wildman–Crippen LogP) is 0.484. The summed E-state index contributed by atoms with van der Waals surface area (Å²) in [5.41, 5.74) is 0.707. The number of aliphatic hydroxyl groups excluding tert-OH is 1. The molecule has 0 bridgehead atoms. The Kier molecular flexibility index (Phi) is 3.64. The Balaban J connectivity index is 2.55. The van der Waals surface area contributed by atoms with Crippen LogP contribution in [0.15, 0.2) is 10.7 Å². The molecule has 1 rings (SSSR count). The van der Waals surface area contributed by atoms with E-state index < -0.39 is 0 Å². The summed E-state index contributed by atoms with van der Waals surface area (Å²) in [5, 5.41) is 14.8. The van der Waals surface area contributed by atoms with Crippen molar-refractivity contribution < 1.29 is 14.4 Å². The van der Waals surface area contributed by atoms with Gasteiger partial charge >= 0.3 is 0 Å². The number of carbonyl (C=O) groups excluding carboxylic acids is 1. The second-order valence-corrected chi connectivity index (χ2v) is 3.22. The van der Waals surface area contributed by atoms with Crippen LogP contribution in [0.2, 0.25) is 0 Å². The molecule has 0 aliphatic heterocycles. The van der Waals surface area contributed by atoms with Gasteiger partial charge in [-0.15, -0.1) is 0 Å². The van der Waals surface area contributed by atoms with E-state index in [0.717, 1.165) is 0 Å². The Morgan fingerprint density at radius 2 is 2.50 bits per heavy atom. The average molecular weight is 198 g/mol. The SMILES string of the molecule is Cc1cnoc1C(=O)NC(C)CCO. The van der Waals surface area contributed by atoms with E-state index in [-0.39, 0.29) is 24.3 Å². The molecular weight excluding hydrogens is 184 g/mol. The molecule has 0 spiro atoms. The number of aryl methyl sites for hydroxylation is 1. The maximum absolute atomic E-state index is 11.5. The number of aliphatic hydroxyl groups is 1. The number of hydrogen-bond acceptors (Lipinski definition) is 4. The predicted molar refractivity (Wildman–Crippen MR) is 49.9 cm³/mol. The molecule has 0 radical (unpaired) electrons. The molecule has 0 fully saturated rings. The van der Waals surface area contributed by atoms with Crippen molar-refractivity contribution >= 4 is 5.91 Å². The average Bonchev–Trinajstić information content (AvgIpc) is 2.51. The van der Waals surface area contributed by atoms with Gasteiger partial charge in [-0.1, -0.05) is 5.16 Å². The highest BCUT2D eigenvalue weighted by molar-refractivity contribution is 5.92. The van der Waals surface area contributed by atoms with E-state index in [2.05, 4.69) is 10.5 Å². The van der Waals surface area contributed by atoms with Gasteiger partial charge in [0.05, 0.1) is 6.20 Å². The van der Waals surface area contributed by atoms with Crippen LogP contribution < -0.4 is 5.32 Å². The third kappa shape index (κ3) is 2.56. The van der Waals surface area contributed by atoms with Crippen molar-refractivity contribution in [1.82, 2.24) is 10.5 Å². The van der Waals surface area contributed by atoms with Gasteiger partial charge in [-0.3, -0.25) is 4.79 Å². The van der Waals surface area contributed by atoms with E-state index in [1.807, 2.05) is 6.92 Å². The third-order valence-electron chi connectivity index (χ3n) is 1.89. The highest BCUT2D eigenvalue weighted by Gasteiger charge is 2.15. The fourth-order valence-electron chi connectivity index (χ4n) is 1.06. The third-order valence-corrected chi connectivity index (χ3v) is 1.89. The van der Waals surface area contributed by atoms with Crippen LogP contribution >= 0.6 is 0 Å². The van der Waals surface area contributed by atoms with Crippen molar-refractivity contribution in [1.29, 1.82) is 0 Å². The molecule has 1 atom stereocenters. The van der Waals surface area contributed by atoms with E-state index in [1.54, 1.807) is 6.92 Å². The molecule has 0 aliphatic rings.